The van der Waals surface area contributed by atoms with Crippen LogP contribution in [0, 0.1) is 25.1 Å². The van der Waals surface area contributed by atoms with E-state index in [1.807, 2.05) is 79.4 Å². The summed E-state index contributed by atoms with van der Waals surface area (Å²) in [6.45, 7) is 13.2. The van der Waals surface area contributed by atoms with E-state index in [-0.39, 0.29) is 74.8 Å². The Morgan fingerprint density at radius 2 is 1.61 bits per heavy atom. The fraction of sp³-hybridized carbons (Fsp3) is 0.469. The van der Waals surface area contributed by atoms with Crippen molar-refractivity contribution in [2.24, 2.45) is 5.41 Å². The number of hydrogen-bond donors (Lipinski definition) is 6. The summed E-state index contributed by atoms with van der Waals surface area (Å²) in [6.07, 6.45) is 2.73. The molecule has 3 aromatic carbocycles. The third-order valence-corrected chi connectivity index (χ3v) is 18.0. The van der Waals surface area contributed by atoms with E-state index >= 15 is 0 Å². The molecule has 6 atom stereocenters. The van der Waals surface area contributed by atoms with Gasteiger partial charge in [0, 0.05) is 108 Å². The summed E-state index contributed by atoms with van der Waals surface area (Å²) >= 11 is 1.49. The Kier molecular flexibility index (Phi) is 19.8. The van der Waals surface area contributed by atoms with Crippen molar-refractivity contribution in [1.29, 1.82) is 0 Å². The minimum absolute atomic E-state index is 0.0606. The van der Waals surface area contributed by atoms with E-state index in [0.29, 0.717) is 93.0 Å². The number of benzene rings is 3. The number of carbonyl (C=O) groups is 6. The summed E-state index contributed by atoms with van der Waals surface area (Å²) in [7, 11) is 1.64. The van der Waals surface area contributed by atoms with Crippen molar-refractivity contribution in [2.75, 3.05) is 82.8 Å². The number of aromatic nitrogens is 5. The number of thiazole rings is 1. The molecular weight excluding hydrogens is 1160 g/mol. The molecule has 3 aromatic heterocycles. The number of piperazine rings is 1. The maximum atomic E-state index is 14.8. The third-order valence-electron chi connectivity index (χ3n) is 17.0. The van der Waals surface area contributed by atoms with Crippen molar-refractivity contribution >= 4 is 58.7 Å². The molecule has 89 heavy (non-hydrogen) atoms. The number of ether oxygens (including phenoxy) is 1. The Hall–Kier alpha value is -8.26. The van der Waals surface area contributed by atoms with Gasteiger partial charge in [0.2, 0.25) is 29.6 Å². The van der Waals surface area contributed by atoms with Gasteiger partial charge in [-0.15, -0.1) is 11.3 Å². The van der Waals surface area contributed by atoms with Crippen LogP contribution in [0.5, 0.6) is 0 Å². The van der Waals surface area contributed by atoms with E-state index in [0.717, 1.165) is 27.4 Å². The summed E-state index contributed by atoms with van der Waals surface area (Å²) in [5.41, 5.74) is 4.65. The number of hydrogen-bond acceptors (Lipinski definition) is 15. The first-order chi connectivity index (χ1) is 42.7. The minimum atomic E-state index is -2.03. The van der Waals surface area contributed by atoms with Crippen LogP contribution in [-0.2, 0) is 28.7 Å². The van der Waals surface area contributed by atoms with E-state index in [9.17, 15) is 42.7 Å². The van der Waals surface area contributed by atoms with Crippen LogP contribution in [0.4, 0.5) is 25.3 Å². The summed E-state index contributed by atoms with van der Waals surface area (Å²) in [5, 5.41) is 30.5. The van der Waals surface area contributed by atoms with Crippen LogP contribution in [0.3, 0.4) is 0 Å². The minimum Gasteiger partial charge on any atom is -0.391 e. The van der Waals surface area contributed by atoms with Crippen molar-refractivity contribution in [3.63, 3.8) is 0 Å². The molecule has 3 saturated heterocycles. The van der Waals surface area contributed by atoms with E-state index in [2.05, 4.69) is 36.5 Å². The Labute approximate surface area is 520 Å². The zero-order valence-electron chi connectivity index (χ0n) is 51.0. The van der Waals surface area contributed by atoms with Gasteiger partial charge in [-0.3, -0.25) is 34.2 Å². The molecular formula is C64H78F2N14O8S. The van der Waals surface area contributed by atoms with Gasteiger partial charge in [0.15, 0.2) is 5.67 Å². The molecule has 4 aliphatic rings. The fourth-order valence-electron chi connectivity index (χ4n) is 11.8. The Morgan fingerprint density at radius 1 is 0.876 bits per heavy atom. The second-order valence-electron chi connectivity index (χ2n) is 24.6. The van der Waals surface area contributed by atoms with Gasteiger partial charge in [-0.1, -0.05) is 75.4 Å². The van der Waals surface area contributed by atoms with Crippen LogP contribution in [0.15, 0.2) is 96.8 Å². The van der Waals surface area contributed by atoms with Crippen molar-refractivity contribution in [3.05, 3.63) is 125 Å². The monoisotopic (exact) mass is 1240 g/mol. The van der Waals surface area contributed by atoms with Gasteiger partial charge in [-0.05, 0) is 79.5 Å². The van der Waals surface area contributed by atoms with E-state index in [1.165, 1.54) is 28.4 Å². The van der Waals surface area contributed by atoms with E-state index in [4.69, 9.17) is 19.8 Å². The lowest BCUT2D eigenvalue weighted by molar-refractivity contribution is -0.145. The topological polar surface area (TPSA) is 261 Å². The van der Waals surface area contributed by atoms with Gasteiger partial charge >= 0.3 is 6.03 Å². The zero-order valence-corrected chi connectivity index (χ0v) is 51.8. The highest BCUT2D eigenvalue weighted by Crippen LogP contribution is 2.41. The number of urea groups is 1. The predicted octanol–water partition coefficient (Wildman–Crippen LogP) is 6.23. The lowest BCUT2D eigenvalue weighted by Gasteiger charge is -2.36. The van der Waals surface area contributed by atoms with Gasteiger partial charge < -0.3 is 45.8 Å². The molecule has 6 aromatic rings. The van der Waals surface area contributed by atoms with Gasteiger partial charge in [-0.25, -0.2) is 33.2 Å². The van der Waals surface area contributed by atoms with Gasteiger partial charge in [0.25, 0.3) is 5.91 Å². The highest BCUT2D eigenvalue weighted by atomic mass is 32.1. The molecule has 472 valence electrons. The van der Waals surface area contributed by atoms with Crippen LogP contribution in [-0.4, -0.2) is 183 Å². The van der Waals surface area contributed by atoms with Crippen LogP contribution < -0.4 is 31.5 Å². The number of para-hydroxylation sites is 1. The van der Waals surface area contributed by atoms with Crippen LogP contribution >= 0.6 is 11.3 Å². The molecule has 0 unspecified atom stereocenters. The Bertz CT molecular complexity index is 3500. The maximum absolute atomic E-state index is 14.8. The first-order valence-electron chi connectivity index (χ1n) is 30.3. The molecule has 7 amide bonds. The number of carbonyl (C=O) groups excluding carboxylic acids is 6. The largest absolute Gasteiger partial charge is 0.391 e. The highest BCUT2D eigenvalue weighted by Gasteiger charge is 2.53. The molecule has 1 saturated carbocycles. The van der Waals surface area contributed by atoms with Crippen molar-refractivity contribution in [1.82, 2.24) is 60.7 Å². The molecule has 25 heteroatoms. The molecule has 6 N–H and O–H groups in total. The lowest BCUT2D eigenvalue weighted by Crippen LogP contribution is -2.59. The summed E-state index contributed by atoms with van der Waals surface area (Å²) in [4.78, 5) is 105. The van der Waals surface area contributed by atoms with Gasteiger partial charge in [0.05, 0.1) is 53.0 Å². The zero-order chi connectivity index (χ0) is 63.1. The Morgan fingerprint density at radius 3 is 2.27 bits per heavy atom. The molecule has 4 fully saturated rings. The number of aliphatic hydroxyl groups excluding tert-OH is 1. The number of alkyl halides is 1. The number of rotatable bonds is 22. The van der Waals surface area contributed by atoms with Crippen LogP contribution in [0.2, 0.25) is 0 Å². The molecule has 0 bridgehead atoms. The average molecular weight is 1240 g/mol. The number of halogens is 2. The summed E-state index contributed by atoms with van der Waals surface area (Å²) in [5.74, 6) is -2.11. The highest BCUT2D eigenvalue weighted by molar-refractivity contribution is 7.13. The molecule has 22 nitrogen and oxygen atoms in total. The lowest BCUT2D eigenvalue weighted by atomic mass is 9.85. The number of nitrogens with zero attached hydrogens (tertiary/aromatic N) is 9. The number of likely N-dealkylation sites (tertiary alicyclic amines) is 2. The van der Waals surface area contributed by atoms with Crippen molar-refractivity contribution in [3.8, 4) is 27.4 Å². The summed E-state index contributed by atoms with van der Waals surface area (Å²) < 4.78 is 36.2. The predicted molar refractivity (Wildman–Crippen MR) is 332 cm³/mol. The first-order valence-corrected chi connectivity index (χ1v) is 31.1. The Balaban J connectivity index is 0.729. The number of aryl methyl sites for hydroxylation is 1. The molecule has 10 rings (SSSR count). The number of methoxy groups -OCH3 is 1. The number of β-amino-alcohol motifs (C(OH)–C–C–N with tert-alkyl or cyclic N) is 1. The third kappa shape index (κ3) is 15.3. The number of nitrogens with one attached hydrogen (secondary N) is 5. The number of amides is 7. The van der Waals surface area contributed by atoms with E-state index in [1.54, 1.807) is 61.4 Å². The molecule has 0 radical (unpaired) electrons. The number of aliphatic hydroxyl groups is 1. The van der Waals surface area contributed by atoms with Crippen LogP contribution in [0.25, 0.3) is 27.4 Å². The van der Waals surface area contributed by atoms with E-state index < -0.39 is 59.1 Å². The number of anilines is 2. The smallest absolute Gasteiger partial charge is 0.320 e. The SMILES string of the molecule is COCCN1C[C@@H](NC(=O)Nc2c(C)c(-c3cnc(N4CCN(C(=O)CCCNC(=O)C[C@H](NC(=O)[C@@H]5C[C@@H](O)CN5C(=O)[C@@H](NC(=O)C5(F)CC5)C(C)(C)C)c5ccc(-c6scnc6C)cc5)CC4)nc3)nn2-c2ccccc2)[C@H](c2cccc(F)c2)C1. The second kappa shape index (κ2) is 27.6. The van der Waals surface area contributed by atoms with Crippen molar-refractivity contribution in [2.45, 2.75) is 115 Å². The first kappa shape index (κ1) is 63.7. The van der Waals surface area contributed by atoms with Gasteiger partial charge in [0.1, 0.15) is 29.4 Å². The average Bonchev–Trinajstić information content (AvgIpc) is 2.26. The standard InChI is InChI=1S/C64H78F2N14O8S/c1-39-54(75-80(46-14-8-7-9-15-46)57(39)74-62(87)72-50-37-76(28-29-88-6)36-48(50)43-12-10-13-45(65)30-43)44-33-68-61(69-34-44)78-26-24-77(25-27-78)53(83)16-11-23-67-52(82)32-49(41-17-19-42(20-18-41)55-40(2)70-38-89-55)71-58(84)51-31-47(81)35-79(51)59(85)56(63(3,4)5)73-60(86)64(66)21-22-64/h7-10,12-15,17-20,30,33-34,38,47-51,56,81H,11,16,21-29,31-32,35-37H2,1-6H3,(H,67,82)(H,71,84)(H,73,86)(H2,72,74,87)/t47-,48+,49+,50-,51+,56-/m1/s1. The second-order valence-corrected chi connectivity index (χ2v) is 25.4. The molecule has 1 aliphatic carbocycles. The molecule has 6 heterocycles. The van der Waals surface area contributed by atoms with Crippen molar-refractivity contribution < 1.29 is 47.4 Å². The van der Waals surface area contributed by atoms with Gasteiger partial charge in [-0.2, -0.15) is 5.10 Å². The normalized spacial score (nSPS) is 19.8. The molecule has 0 spiro atoms. The summed E-state index contributed by atoms with van der Waals surface area (Å²) in [6, 6.07) is 19.4. The molecule has 3 aliphatic heterocycles. The fourth-order valence-corrected chi connectivity index (χ4v) is 12.6. The maximum Gasteiger partial charge on any atom is 0.320 e. The van der Waals surface area contributed by atoms with Crippen LogP contribution in [0.1, 0.15) is 93.6 Å². The quantitative estimate of drug-likeness (QED) is 0.0412.